The molecule has 0 spiro atoms. The smallest absolute Gasteiger partial charge is 1.00 e. The Hall–Kier alpha value is 0.501. The van der Waals surface area contributed by atoms with Crippen molar-refractivity contribution in [2.75, 3.05) is 0 Å². The van der Waals surface area contributed by atoms with Crippen LogP contribution >= 0.6 is 0 Å². The number of benzene rings is 1. The second-order valence-electron chi connectivity index (χ2n) is 7.26. The predicted octanol–water partition coefficient (Wildman–Crippen LogP) is -3.57. The van der Waals surface area contributed by atoms with E-state index in [0.717, 1.165) is 12.8 Å². The van der Waals surface area contributed by atoms with E-state index in [0.29, 0.717) is 5.92 Å². The molecule has 0 fully saturated rings. The van der Waals surface area contributed by atoms with Crippen LogP contribution in [0.3, 0.4) is 0 Å². The number of hydrogen-bond acceptors (Lipinski definition) is 0. The van der Waals surface area contributed by atoms with Crippen molar-refractivity contribution in [3.63, 3.8) is 0 Å². The van der Waals surface area contributed by atoms with Crippen molar-refractivity contribution in [3.05, 3.63) is 57.8 Å². The van der Waals surface area contributed by atoms with Gasteiger partial charge >= 0.3 is 21.7 Å². The Morgan fingerprint density at radius 3 is 1.96 bits per heavy atom. The molecule has 5 heteroatoms. The van der Waals surface area contributed by atoms with Gasteiger partial charge in [-0.3, -0.25) is 6.08 Å². The molecule has 0 bridgehead atoms. The zero-order valence-electron chi connectivity index (χ0n) is 15.4. The second-order valence-corrected chi connectivity index (χ2v) is 12.3. The van der Waals surface area contributed by atoms with Crippen LogP contribution in [0.15, 0.2) is 35.0 Å². The van der Waals surface area contributed by atoms with Crippen LogP contribution in [0.1, 0.15) is 30.0 Å². The van der Waals surface area contributed by atoms with Gasteiger partial charge in [0.05, 0.1) is 0 Å². The molecule has 0 saturated carbocycles. The van der Waals surface area contributed by atoms with E-state index >= 15 is 0 Å². The van der Waals surface area contributed by atoms with Gasteiger partial charge in [0.15, 0.2) is 0 Å². The van der Waals surface area contributed by atoms with Gasteiger partial charge in [-0.2, -0.15) is 6.08 Å². The third-order valence-electron chi connectivity index (χ3n) is 4.01. The Labute approximate surface area is 183 Å². The number of halogens is 3. The maximum absolute atomic E-state index is 3.62. The van der Waals surface area contributed by atoms with Crippen LogP contribution in [0.25, 0.3) is 0 Å². The van der Waals surface area contributed by atoms with Crippen LogP contribution in [-0.4, -0.2) is 8.07 Å². The van der Waals surface area contributed by atoms with E-state index in [4.69, 9.17) is 0 Å². The molecule has 0 amide bonds. The third-order valence-corrected chi connectivity index (χ3v) is 6.10. The summed E-state index contributed by atoms with van der Waals surface area (Å²) in [5.74, 6) is 0.580. The van der Waals surface area contributed by atoms with Gasteiger partial charge in [0.25, 0.3) is 0 Å². The first-order valence-electron chi connectivity index (χ1n) is 7.66. The summed E-state index contributed by atoms with van der Waals surface area (Å²) < 4.78 is 0. The van der Waals surface area contributed by atoms with Gasteiger partial charge in [-0.1, -0.05) is 55.9 Å². The number of rotatable bonds is 4. The van der Waals surface area contributed by atoms with Crippen LogP contribution < -0.4 is 37.2 Å². The first-order chi connectivity index (χ1) is 9.27. The molecule has 2 rings (SSSR count). The summed E-state index contributed by atoms with van der Waals surface area (Å²) in [4.78, 5) is 0. The third kappa shape index (κ3) is 7.81. The van der Waals surface area contributed by atoms with Crippen molar-refractivity contribution >= 4 is 8.07 Å². The Morgan fingerprint density at radius 1 is 1.00 bits per heavy atom. The Balaban J connectivity index is -0.00000110. The number of aryl methyl sites for hydroxylation is 2. The maximum Gasteiger partial charge on any atom is 4.00 e. The molecule has 0 saturated heterocycles. The van der Waals surface area contributed by atoms with Gasteiger partial charge in [-0.25, -0.2) is 10.8 Å². The molecule has 1 aromatic carbocycles. The molecular formula is C19H27Cl3SiTi. The van der Waals surface area contributed by atoms with E-state index in [-0.39, 0.29) is 58.9 Å². The van der Waals surface area contributed by atoms with Crippen LogP contribution in [0.5, 0.6) is 0 Å². The molecule has 1 aliphatic carbocycles. The maximum atomic E-state index is 3.62. The molecule has 0 aliphatic heterocycles. The fourth-order valence-corrected chi connectivity index (χ4v) is 5.12. The minimum Gasteiger partial charge on any atom is -1.00 e. The summed E-state index contributed by atoms with van der Waals surface area (Å²) in [5, 5.41) is 1.63. The van der Waals surface area contributed by atoms with Gasteiger partial charge in [0.1, 0.15) is 0 Å². The van der Waals surface area contributed by atoms with Crippen LogP contribution in [0, 0.1) is 25.8 Å². The molecule has 0 radical (unpaired) electrons. The van der Waals surface area contributed by atoms with E-state index in [9.17, 15) is 0 Å². The van der Waals surface area contributed by atoms with Crippen LogP contribution in [0.4, 0.5) is 0 Å². The summed E-state index contributed by atoms with van der Waals surface area (Å²) in [7, 11) is -1.23. The zero-order chi connectivity index (χ0) is 14.9. The molecule has 1 unspecified atom stereocenters. The molecule has 0 N–H and O–H groups in total. The molecule has 1 aliphatic rings. The molecular weight excluding hydrogens is 411 g/mol. The molecule has 0 heterocycles. The summed E-state index contributed by atoms with van der Waals surface area (Å²) in [6, 6.07) is 6.91. The van der Waals surface area contributed by atoms with Gasteiger partial charge in [-0.15, -0.1) is 6.42 Å². The first kappa shape index (κ1) is 29.3. The van der Waals surface area contributed by atoms with Crippen molar-refractivity contribution in [3.8, 4) is 0 Å². The number of allylic oxidation sites excluding steroid dienone is 4. The second kappa shape index (κ2) is 12.0. The minimum absolute atomic E-state index is 0. The SMILES string of the molecule is Cc1cc(C)cc(CC(C)C2=[C-]CC=C2[Si](C)(C)C)c1.[Cl-].[Cl-].[Cl-].[Ti+4]. The zero-order valence-corrected chi connectivity index (χ0v) is 20.3. The summed E-state index contributed by atoms with van der Waals surface area (Å²) in [5.41, 5.74) is 5.71. The molecule has 1 aromatic rings. The predicted molar refractivity (Wildman–Crippen MR) is 91.6 cm³/mol. The summed E-state index contributed by atoms with van der Waals surface area (Å²) >= 11 is 0. The fourth-order valence-electron chi connectivity index (χ4n) is 3.26. The summed E-state index contributed by atoms with van der Waals surface area (Å²) in [6.45, 7) is 14.1. The van der Waals surface area contributed by atoms with E-state index in [1.165, 1.54) is 22.3 Å². The molecule has 24 heavy (non-hydrogen) atoms. The van der Waals surface area contributed by atoms with Crippen LogP contribution in [0.2, 0.25) is 19.6 Å². The normalized spacial score (nSPS) is 14.1. The monoisotopic (exact) mass is 436 g/mol. The van der Waals surface area contributed by atoms with E-state index in [2.05, 4.69) is 70.8 Å². The van der Waals surface area contributed by atoms with Gasteiger partial charge in [-0.05, 0) is 39.8 Å². The minimum atomic E-state index is -1.23. The van der Waals surface area contributed by atoms with Crippen molar-refractivity contribution in [2.24, 2.45) is 5.92 Å². The van der Waals surface area contributed by atoms with Crippen molar-refractivity contribution in [2.45, 2.75) is 53.3 Å². The van der Waals surface area contributed by atoms with Crippen molar-refractivity contribution < 1.29 is 58.9 Å². The topological polar surface area (TPSA) is 0 Å². The van der Waals surface area contributed by atoms with E-state index in [1.54, 1.807) is 5.20 Å². The summed E-state index contributed by atoms with van der Waals surface area (Å²) in [6.07, 6.45) is 8.19. The van der Waals surface area contributed by atoms with Gasteiger partial charge in [0, 0.05) is 0 Å². The average molecular weight is 438 g/mol. The van der Waals surface area contributed by atoms with Crippen molar-refractivity contribution in [1.29, 1.82) is 0 Å². The number of hydrogen-bond donors (Lipinski definition) is 0. The molecule has 132 valence electrons. The molecule has 0 aromatic heterocycles. The van der Waals surface area contributed by atoms with Gasteiger partial charge in [0.2, 0.25) is 0 Å². The van der Waals surface area contributed by atoms with Crippen LogP contribution in [-0.2, 0) is 28.1 Å². The quantitative estimate of drug-likeness (QED) is 0.338. The standard InChI is InChI=1S/C19H27Si.3ClH.Ti/c1-14-10-15(2)12-17(11-14)13-16(3)18-8-7-9-19(18)20(4,5)6;;;;/h9-12,16H,7,13H2,1-6H3;3*1H;/q-1;;;;+4/p-3. The largest absolute Gasteiger partial charge is 4.00 e. The average Bonchev–Trinajstić information content (AvgIpc) is 2.75. The van der Waals surface area contributed by atoms with E-state index < -0.39 is 8.07 Å². The Morgan fingerprint density at radius 2 is 1.50 bits per heavy atom. The fraction of sp³-hybridized carbons (Fsp3) is 0.474. The molecule has 0 nitrogen and oxygen atoms in total. The first-order valence-corrected chi connectivity index (χ1v) is 11.2. The van der Waals surface area contributed by atoms with Gasteiger partial charge < -0.3 is 37.2 Å². The van der Waals surface area contributed by atoms with Crippen molar-refractivity contribution in [1.82, 2.24) is 0 Å². The van der Waals surface area contributed by atoms with E-state index in [1.807, 2.05) is 0 Å². The molecule has 1 atom stereocenters. The Kier molecular flexibility index (Phi) is 14.6. The Bertz CT molecular complexity index is 554.